The van der Waals surface area contributed by atoms with Crippen LogP contribution in [-0.4, -0.2) is 11.7 Å². The Balaban J connectivity index is 2.56. The van der Waals surface area contributed by atoms with Gasteiger partial charge in [-0.05, 0) is 45.4 Å². The maximum atomic E-state index is 13.0. The highest BCUT2D eigenvalue weighted by Crippen LogP contribution is 2.15. The Bertz CT molecular complexity index is 438. The van der Waals surface area contributed by atoms with Crippen molar-refractivity contribution in [3.8, 4) is 0 Å². The first-order chi connectivity index (χ1) is 8.67. The Morgan fingerprint density at radius 2 is 1.74 bits per heavy atom. The van der Waals surface area contributed by atoms with E-state index in [0.717, 1.165) is 6.07 Å². The Labute approximate surface area is 111 Å². The summed E-state index contributed by atoms with van der Waals surface area (Å²) in [6.07, 6.45) is -0.656. The lowest BCUT2D eigenvalue weighted by atomic mass is 10.1. The molecule has 19 heavy (non-hydrogen) atoms. The van der Waals surface area contributed by atoms with E-state index in [9.17, 15) is 13.6 Å². The molecule has 1 aromatic carbocycles. The van der Waals surface area contributed by atoms with Gasteiger partial charge in [-0.2, -0.15) is 0 Å². The summed E-state index contributed by atoms with van der Waals surface area (Å²) in [6.45, 7) is 6.86. The molecule has 2 N–H and O–H groups in total. The first-order valence-corrected chi connectivity index (χ1v) is 5.88. The summed E-state index contributed by atoms with van der Waals surface area (Å²) in [5.74, 6) is -1.33. The molecule has 0 spiro atoms. The molecule has 0 fully saturated rings. The number of hydrogen-bond donors (Lipinski definition) is 2. The van der Waals surface area contributed by atoms with E-state index in [-0.39, 0.29) is 0 Å². The van der Waals surface area contributed by atoms with Crippen LogP contribution in [0.2, 0.25) is 0 Å². The van der Waals surface area contributed by atoms with Crippen molar-refractivity contribution in [2.45, 2.75) is 39.3 Å². The zero-order valence-corrected chi connectivity index (χ0v) is 11.4. The van der Waals surface area contributed by atoms with Crippen molar-refractivity contribution in [3.05, 3.63) is 35.4 Å². The quantitative estimate of drug-likeness (QED) is 0.831. The van der Waals surface area contributed by atoms with E-state index in [1.807, 2.05) is 0 Å². The van der Waals surface area contributed by atoms with Gasteiger partial charge in [0.1, 0.15) is 17.2 Å². The Kier molecular flexibility index (Phi) is 4.83. The van der Waals surface area contributed by atoms with E-state index in [1.54, 1.807) is 27.7 Å². The average Bonchev–Trinajstić information content (AvgIpc) is 2.22. The van der Waals surface area contributed by atoms with E-state index in [2.05, 4.69) is 10.9 Å². The first-order valence-electron chi connectivity index (χ1n) is 5.88. The summed E-state index contributed by atoms with van der Waals surface area (Å²) in [5, 5.41) is 0. The highest BCUT2D eigenvalue weighted by atomic mass is 19.1. The third-order valence-electron chi connectivity index (χ3n) is 2.17. The van der Waals surface area contributed by atoms with Crippen LogP contribution in [0.4, 0.5) is 13.6 Å². The fraction of sp³-hybridized carbons (Fsp3) is 0.462. The number of nitrogens with one attached hydrogen (secondary N) is 2. The molecule has 1 atom stereocenters. The number of carbonyl (C=O) groups excluding carboxylic acids is 1. The van der Waals surface area contributed by atoms with Crippen LogP contribution in [0.25, 0.3) is 0 Å². The first kappa shape index (κ1) is 15.4. The van der Waals surface area contributed by atoms with Crippen LogP contribution in [0.15, 0.2) is 18.2 Å². The third-order valence-corrected chi connectivity index (χ3v) is 2.17. The number of amides is 1. The van der Waals surface area contributed by atoms with Crippen molar-refractivity contribution in [2.75, 3.05) is 0 Å². The topological polar surface area (TPSA) is 50.4 Å². The van der Waals surface area contributed by atoms with Crippen LogP contribution in [0, 0.1) is 11.6 Å². The third kappa shape index (κ3) is 5.65. The molecule has 1 aromatic rings. The van der Waals surface area contributed by atoms with Gasteiger partial charge in [-0.1, -0.05) is 0 Å². The zero-order valence-electron chi connectivity index (χ0n) is 11.4. The van der Waals surface area contributed by atoms with Crippen LogP contribution in [0.1, 0.15) is 39.3 Å². The van der Waals surface area contributed by atoms with Gasteiger partial charge in [0.05, 0.1) is 0 Å². The van der Waals surface area contributed by atoms with Crippen LogP contribution >= 0.6 is 0 Å². The number of benzene rings is 1. The number of halogens is 2. The number of hydrazine groups is 1. The summed E-state index contributed by atoms with van der Waals surface area (Å²) in [5.41, 5.74) is 4.71. The average molecular weight is 272 g/mol. The van der Waals surface area contributed by atoms with Gasteiger partial charge in [-0.3, -0.25) is 5.43 Å². The summed E-state index contributed by atoms with van der Waals surface area (Å²) in [4.78, 5) is 11.4. The maximum absolute atomic E-state index is 13.0. The van der Waals surface area contributed by atoms with E-state index < -0.39 is 29.4 Å². The van der Waals surface area contributed by atoms with Gasteiger partial charge in [0.25, 0.3) is 0 Å². The zero-order chi connectivity index (χ0) is 14.6. The maximum Gasteiger partial charge on any atom is 0.422 e. The van der Waals surface area contributed by atoms with E-state index in [0.29, 0.717) is 5.56 Å². The summed E-state index contributed by atoms with van der Waals surface area (Å²) in [6, 6.07) is 2.71. The Morgan fingerprint density at radius 1 is 1.21 bits per heavy atom. The summed E-state index contributed by atoms with van der Waals surface area (Å²) >= 11 is 0. The lowest BCUT2D eigenvalue weighted by Gasteiger charge is -2.21. The molecule has 0 bridgehead atoms. The highest BCUT2D eigenvalue weighted by Gasteiger charge is 2.16. The predicted molar refractivity (Wildman–Crippen MR) is 67.3 cm³/mol. The van der Waals surface area contributed by atoms with Crippen molar-refractivity contribution < 1.29 is 18.3 Å². The van der Waals surface area contributed by atoms with Gasteiger partial charge in [0.15, 0.2) is 0 Å². The molecule has 0 aliphatic carbocycles. The van der Waals surface area contributed by atoms with Crippen molar-refractivity contribution in [3.63, 3.8) is 0 Å². The van der Waals surface area contributed by atoms with Crippen molar-refractivity contribution in [1.29, 1.82) is 0 Å². The molecular weight excluding hydrogens is 254 g/mol. The van der Waals surface area contributed by atoms with E-state index in [4.69, 9.17) is 4.74 Å². The van der Waals surface area contributed by atoms with Crippen molar-refractivity contribution in [2.24, 2.45) is 0 Å². The van der Waals surface area contributed by atoms with E-state index in [1.165, 1.54) is 12.1 Å². The fourth-order valence-electron chi connectivity index (χ4n) is 1.38. The SMILES string of the molecule is CC(NNC(=O)OC(C)(C)C)c1cc(F)cc(F)c1. The Morgan fingerprint density at radius 3 is 2.21 bits per heavy atom. The molecule has 106 valence electrons. The molecule has 1 amide bonds. The van der Waals surface area contributed by atoms with Gasteiger partial charge in [-0.15, -0.1) is 0 Å². The second kappa shape index (κ2) is 5.97. The molecular formula is C13H18F2N2O2. The van der Waals surface area contributed by atoms with E-state index >= 15 is 0 Å². The molecule has 6 heteroatoms. The molecule has 0 aliphatic heterocycles. The highest BCUT2D eigenvalue weighted by molar-refractivity contribution is 5.67. The van der Waals surface area contributed by atoms with Crippen molar-refractivity contribution in [1.82, 2.24) is 10.9 Å². The molecule has 0 aliphatic rings. The fourth-order valence-corrected chi connectivity index (χ4v) is 1.38. The van der Waals surface area contributed by atoms with Gasteiger partial charge < -0.3 is 4.74 Å². The Hall–Kier alpha value is -1.69. The van der Waals surface area contributed by atoms with Crippen LogP contribution in [0.5, 0.6) is 0 Å². The minimum absolute atomic E-state index is 0.383. The van der Waals surface area contributed by atoms with Crippen LogP contribution in [0.3, 0.4) is 0 Å². The molecule has 1 rings (SSSR count). The lowest BCUT2D eigenvalue weighted by molar-refractivity contribution is 0.0489. The van der Waals surface area contributed by atoms with Gasteiger partial charge in [-0.25, -0.2) is 19.0 Å². The minimum Gasteiger partial charge on any atom is -0.443 e. The van der Waals surface area contributed by atoms with Gasteiger partial charge >= 0.3 is 6.09 Å². The predicted octanol–water partition coefficient (Wildman–Crippen LogP) is 3.06. The molecule has 1 unspecified atom stereocenters. The summed E-state index contributed by atoms with van der Waals surface area (Å²) < 4.78 is 31.1. The number of hydrogen-bond acceptors (Lipinski definition) is 3. The monoisotopic (exact) mass is 272 g/mol. The van der Waals surface area contributed by atoms with Crippen LogP contribution in [-0.2, 0) is 4.74 Å². The smallest absolute Gasteiger partial charge is 0.422 e. The second-order valence-electron chi connectivity index (χ2n) is 5.20. The van der Waals surface area contributed by atoms with Gasteiger partial charge in [0, 0.05) is 12.1 Å². The molecule has 0 aromatic heterocycles. The number of rotatable bonds is 3. The molecule has 0 heterocycles. The second-order valence-corrected chi connectivity index (χ2v) is 5.20. The number of ether oxygens (including phenoxy) is 1. The molecule has 0 saturated heterocycles. The largest absolute Gasteiger partial charge is 0.443 e. The van der Waals surface area contributed by atoms with Gasteiger partial charge in [0.2, 0.25) is 0 Å². The lowest BCUT2D eigenvalue weighted by Crippen LogP contribution is -2.42. The number of carbonyl (C=O) groups is 1. The minimum atomic E-state index is -0.666. The summed E-state index contributed by atoms with van der Waals surface area (Å²) in [7, 11) is 0. The normalized spacial score (nSPS) is 12.9. The van der Waals surface area contributed by atoms with Crippen molar-refractivity contribution >= 4 is 6.09 Å². The standard InChI is InChI=1S/C13H18F2N2O2/c1-8(9-5-10(14)7-11(15)6-9)16-17-12(18)19-13(2,3)4/h5-8,16H,1-4H3,(H,17,18). The molecule has 0 radical (unpaired) electrons. The van der Waals surface area contributed by atoms with Crippen LogP contribution < -0.4 is 10.9 Å². The molecule has 0 saturated carbocycles. The molecule has 4 nitrogen and oxygen atoms in total.